The first-order valence-electron chi connectivity index (χ1n) is 11.9. The summed E-state index contributed by atoms with van der Waals surface area (Å²) >= 11 is 0. The normalized spacial score (nSPS) is 18.0. The number of piperidine rings is 1. The van der Waals surface area contributed by atoms with Crippen molar-refractivity contribution < 1.29 is 22.7 Å². The van der Waals surface area contributed by atoms with Crippen LogP contribution in [0.4, 0.5) is 5.69 Å². The molecule has 7 nitrogen and oxygen atoms in total. The van der Waals surface area contributed by atoms with Crippen molar-refractivity contribution in [2.45, 2.75) is 24.3 Å². The van der Waals surface area contributed by atoms with Crippen LogP contribution in [0.1, 0.15) is 18.4 Å². The molecule has 35 heavy (non-hydrogen) atoms. The zero-order valence-corrected chi connectivity index (χ0v) is 20.0. The van der Waals surface area contributed by atoms with Crippen LogP contribution in [0, 0.1) is 5.92 Å². The van der Waals surface area contributed by atoms with Crippen molar-refractivity contribution in [2.75, 3.05) is 31.2 Å². The molecule has 0 radical (unpaired) electrons. The smallest absolute Gasteiger partial charge is 0.243 e. The van der Waals surface area contributed by atoms with Crippen LogP contribution in [0.15, 0.2) is 71.6 Å². The fraction of sp³-hybridized carbons (Fsp3) is 0.296. The predicted molar refractivity (Wildman–Crippen MR) is 132 cm³/mol. The van der Waals surface area contributed by atoms with Crippen LogP contribution in [0.3, 0.4) is 0 Å². The molecule has 8 heteroatoms. The van der Waals surface area contributed by atoms with Crippen molar-refractivity contribution in [3.8, 4) is 22.6 Å². The molecule has 0 bridgehead atoms. The Hall–Kier alpha value is -3.36. The molecule has 3 aliphatic rings. The molecular formula is C27H26N2O5S. The maximum absolute atomic E-state index is 13.6. The molecule has 0 unspecified atom stereocenters. The van der Waals surface area contributed by atoms with Gasteiger partial charge in [0.25, 0.3) is 0 Å². The standard InChI is InChI=1S/C27H26N2O5S/c30-27(29-18-20-5-1-2-6-22(20)23-7-3-4-8-24(23)29)19-11-13-28(14-12-19)35(31,32)21-9-10-25-26(17-21)34-16-15-33-25/h1-10,17,19H,11-16,18H2. The third-order valence-electron chi connectivity index (χ3n) is 7.05. The van der Waals surface area contributed by atoms with E-state index in [-0.39, 0.29) is 16.7 Å². The quantitative estimate of drug-likeness (QED) is 0.553. The summed E-state index contributed by atoms with van der Waals surface area (Å²) in [6.45, 7) is 1.99. The van der Waals surface area contributed by atoms with Gasteiger partial charge in [0.05, 0.1) is 17.1 Å². The Morgan fingerprint density at radius 2 is 1.51 bits per heavy atom. The minimum absolute atomic E-state index is 0.0586. The number of para-hydroxylation sites is 1. The summed E-state index contributed by atoms with van der Waals surface area (Å²) in [5.41, 5.74) is 4.26. The number of fused-ring (bicyclic) bond motifs is 4. The Kier molecular flexibility index (Phi) is 5.50. The van der Waals surface area contributed by atoms with Crippen molar-refractivity contribution in [3.05, 3.63) is 72.3 Å². The summed E-state index contributed by atoms with van der Waals surface area (Å²) < 4.78 is 39.1. The molecule has 1 fully saturated rings. The fourth-order valence-electron chi connectivity index (χ4n) is 5.21. The van der Waals surface area contributed by atoms with Crippen LogP contribution in [0.5, 0.6) is 11.5 Å². The maximum Gasteiger partial charge on any atom is 0.243 e. The third-order valence-corrected chi connectivity index (χ3v) is 8.95. The molecule has 1 amide bonds. The van der Waals surface area contributed by atoms with E-state index in [1.165, 1.54) is 10.4 Å². The average Bonchev–Trinajstić information content (AvgIpc) is 2.92. The van der Waals surface area contributed by atoms with Gasteiger partial charge in [0.15, 0.2) is 11.5 Å². The molecule has 0 spiro atoms. The van der Waals surface area contributed by atoms with Crippen LogP contribution in [-0.4, -0.2) is 44.9 Å². The van der Waals surface area contributed by atoms with Crippen LogP contribution >= 0.6 is 0 Å². The second-order valence-electron chi connectivity index (χ2n) is 9.08. The van der Waals surface area contributed by atoms with Gasteiger partial charge in [0.1, 0.15) is 13.2 Å². The minimum atomic E-state index is -3.69. The summed E-state index contributed by atoms with van der Waals surface area (Å²) in [4.78, 5) is 15.7. The van der Waals surface area contributed by atoms with E-state index in [1.807, 2.05) is 35.2 Å². The molecule has 180 valence electrons. The second-order valence-corrected chi connectivity index (χ2v) is 11.0. The highest BCUT2D eigenvalue weighted by Gasteiger charge is 2.36. The minimum Gasteiger partial charge on any atom is -0.486 e. The lowest BCUT2D eigenvalue weighted by Crippen LogP contribution is -2.45. The first-order chi connectivity index (χ1) is 17.0. The molecule has 3 aromatic rings. The Balaban J connectivity index is 1.19. The van der Waals surface area contributed by atoms with E-state index in [1.54, 1.807) is 12.1 Å². The molecule has 1 saturated heterocycles. The van der Waals surface area contributed by atoms with E-state index in [0.717, 1.165) is 22.4 Å². The zero-order valence-electron chi connectivity index (χ0n) is 19.2. The number of amides is 1. The predicted octanol–water partition coefficient (Wildman–Crippen LogP) is 4.07. The van der Waals surface area contributed by atoms with Gasteiger partial charge in [-0.05, 0) is 42.2 Å². The molecule has 3 aliphatic heterocycles. The number of benzene rings is 3. The molecular weight excluding hydrogens is 464 g/mol. The number of hydrogen-bond acceptors (Lipinski definition) is 5. The van der Waals surface area contributed by atoms with Crippen LogP contribution in [-0.2, 0) is 21.4 Å². The number of nitrogens with zero attached hydrogens (tertiary/aromatic N) is 2. The summed E-state index contributed by atoms with van der Waals surface area (Å²) in [6.07, 6.45) is 0.978. The van der Waals surface area contributed by atoms with Gasteiger partial charge in [0.2, 0.25) is 15.9 Å². The van der Waals surface area contributed by atoms with Gasteiger partial charge in [-0.3, -0.25) is 4.79 Å². The lowest BCUT2D eigenvalue weighted by molar-refractivity contribution is -0.123. The first-order valence-corrected chi connectivity index (χ1v) is 13.3. The first kappa shape index (κ1) is 22.1. The Morgan fingerprint density at radius 1 is 0.829 bits per heavy atom. The highest BCUT2D eigenvalue weighted by Crippen LogP contribution is 2.40. The van der Waals surface area contributed by atoms with Gasteiger partial charge < -0.3 is 14.4 Å². The average molecular weight is 491 g/mol. The van der Waals surface area contributed by atoms with E-state index in [9.17, 15) is 13.2 Å². The number of ether oxygens (including phenoxy) is 2. The number of carbonyl (C=O) groups is 1. The van der Waals surface area contributed by atoms with Gasteiger partial charge in [-0.25, -0.2) is 8.42 Å². The van der Waals surface area contributed by atoms with Gasteiger partial charge in [-0.1, -0.05) is 42.5 Å². The van der Waals surface area contributed by atoms with Crippen LogP contribution < -0.4 is 14.4 Å². The van der Waals surface area contributed by atoms with Crippen molar-refractivity contribution in [3.63, 3.8) is 0 Å². The molecule has 0 saturated carbocycles. The summed E-state index contributed by atoms with van der Waals surface area (Å²) in [6, 6.07) is 20.9. The topological polar surface area (TPSA) is 76.2 Å². The number of rotatable bonds is 3. The summed E-state index contributed by atoms with van der Waals surface area (Å²) in [7, 11) is -3.69. The number of anilines is 1. The Morgan fingerprint density at radius 3 is 2.31 bits per heavy atom. The Labute approximate surface area is 204 Å². The third kappa shape index (κ3) is 3.86. The zero-order chi connectivity index (χ0) is 24.0. The molecule has 0 atom stereocenters. The summed E-state index contributed by atoms with van der Waals surface area (Å²) in [5, 5.41) is 0. The number of carbonyl (C=O) groups excluding carboxylic acids is 1. The van der Waals surface area contributed by atoms with E-state index < -0.39 is 10.0 Å². The molecule has 0 N–H and O–H groups in total. The lowest BCUT2D eigenvalue weighted by atomic mass is 9.90. The van der Waals surface area contributed by atoms with Gasteiger partial charge in [0, 0.05) is 30.6 Å². The molecule has 3 heterocycles. The number of sulfonamides is 1. The fourth-order valence-corrected chi connectivity index (χ4v) is 6.69. The van der Waals surface area contributed by atoms with Gasteiger partial charge in [-0.15, -0.1) is 0 Å². The largest absolute Gasteiger partial charge is 0.486 e. The Bertz CT molecular complexity index is 1400. The highest BCUT2D eigenvalue weighted by molar-refractivity contribution is 7.89. The highest BCUT2D eigenvalue weighted by atomic mass is 32.2. The van der Waals surface area contributed by atoms with Gasteiger partial charge in [-0.2, -0.15) is 4.31 Å². The molecule has 0 aliphatic carbocycles. The van der Waals surface area contributed by atoms with E-state index in [0.29, 0.717) is 57.2 Å². The van der Waals surface area contributed by atoms with Crippen LogP contribution in [0.25, 0.3) is 11.1 Å². The second kappa shape index (κ2) is 8.70. The van der Waals surface area contributed by atoms with Crippen LogP contribution in [0.2, 0.25) is 0 Å². The van der Waals surface area contributed by atoms with Crippen molar-refractivity contribution >= 4 is 21.6 Å². The summed E-state index contributed by atoms with van der Waals surface area (Å²) in [5.74, 6) is 0.845. The van der Waals surface area contributed by atoms with E-state index in [2.05, 4.69) is 18.2 Å². The maximum atomic E-state index is 13.6. The van der Waals surface area contributed by atoms with E-state index >= 15 is 0 Å². The van der Waals surface area contributed by atoms with Gasteiger partial charge >= 0.3 is 0 Å². The van der Waals surface area contributed by atoms with Crippen molar-refractivity contribution in [1.82, 2.24) is 4.31 Å². The van der Waals surface area contributed by atoms with E-state index in [4.69, 9.17) is 9.47 Å². The number of hydrogen-bond donors (Lipinski definition) is 0. The van der Waals surface area contributed by atoms with Crippen molar-refractivity contribution in [2.24, 2.45) is 5.92 Å². The lowest BCUT2D eigenvalue weighted by Gasteiger charge is -2.36. The van der Waals surface area contributed by atoms with Crippen molar-refractivity contribution in [1.29, 1.82) is 0 Å². The molecule has 3 aromatic carbocycles. The molecule has 6 rings (SSSR count). The molecule has 0 aromatic heterocycles. The monoisotopic (exact) mass is 490 g/mol. The SMILES string of the molecule is O=C(C1CCN(S(=O)(=O)c2ccc3c(c2)OCCO3)CC1)N1Cc2ccccc2-c2ccccc21.